The zero-order valence-electron chi connectivity index (χ0n) is 29.5. The van der Waals surface area contributed by atoms with Crippen molar-refractivity contribution in [1.29, 1.82) is 0 Å². The second-order valence-electron chi connectivity index (χ2n) is 18.3. The van der Waals surface area contributed by atoms with E-state index in [-0.39, 0.29) is 51.5 Å². The van der Waals surface area contributed by atoms with Gasteiger partial charge in [-0.05, 0) is 119 Å². The van der Waals surface area contributed by atoms with Gasteiger partial charge in [0.05, 0.1) is 23.9 Å². The smallest absolute Gasteiger partial charge is 0.410 e. The first-order valence-electron chi connectivity index (χ1n) is 18.3. The minimum absolute atomic E-state index is 0.00544. The van der Waals surface area contributed by atoms with Crippen LogP contribution in [-0.4, -0.2) is 90.1 Å². The fourth-order valence-electron chi connectivity index (χ4n) is 13.7. The lowest BCUT2D eigenvalue weighted by Crippen LogP contribution is -2.61. The van der Waals surface area contributed by atoms with Crippen LogP contribution in [0.4, 0.5) is 4.79 Å². The fraction of sp³-hybridized carbons (Fsp3) is 0.973. The molecular weight excluding hydrogens is 568 g/mol. The van der Waals surface area contributed by atoms with Crippen molar-refractivity contribution in [2.24, 2.45) is 50.7 Å². The Morgan fingerprint density at radius 3 is 2.38 bits per heavy atom. The molecule has 3 unspecified atom stereocenters. The van der Waals surface area contributed by atoms with Crippen molar-refractivity contribution in [3.63, 3.8) is 0 Å². The van der Waals surface area contributed by atoms with Gasteiger partial charge in [-0.1, -0.05) is 34.6 Å². The van der Waals surface area contributed by atoms with Crippen molar-refractivity contribution >= 4 is 6.09 Å². The van der Waals surface area contributed by atoms with E-state index in [0.717, 1.165) is 51.6 Å². The van der Waals surface area contributed by atoms with E-state index >= 15 is 0 Å². The summed E-state index contributed by atoms with van der Waals surface area (Å²) in [6, 6.07) is 0.377. The normalized spacial score (nSPS) is 50.7. The number of ether oxygens (including phenoxy) is 3. The van der Waals surface area contributed by atoms with E-state index in [1.165, 1.54) is 12.8 Å². The summed E-state index contributed by atoms with van der Waals surface area (Å²) in [5.74, 6) is 1.65. The molecule has 2 aliphatic heterocycles. The largest absolute Gasteiger partial charge is 0.446 e. The molecule has 0 aromatic carbocycles. The van der Waals surface area contributed by atoms with Gasteiger partial charge in [-0.25, -0.2) is 4.79 Å². The van der Waals surface area contributed by atoms with Crippen molar-refractivity contribution in [2.75, 3.05) is 26.7 Å². The molecule has 0 bridgehead atoms. The van der Waals surface area contributed by atoms with Crippen LogP contribution in [0, 0.1) is 50.7 Å². The van der Waals surface area contributed by atoms with Gasteiger partial charge in [0, 0.05) is 36.6 Å². The van der Waals surface area contributed by atoms with Crippen molar-refractivity contribution < 1.29 is 29.2 Å². The number of aliphatic hydroxyl groups excluding tert-OH is 1. The number of fused-ring (bicyclic) bond motifs is 4. The molecule has 45 heavy (non-hydrogen) atoms. The average Bonchev–Trinajstić information content (AvgIpc) is 3.57. The molecule has 0 radical (unpaired) electrons. The molecule has 8 heteroatoms. The first-order chi connectivity index (χ1) is 21.0. The van der Waals surface area contributed by atoms with E-state index in [0.29, 0.717) is 36.3 Å². The maximum atomic E-state index is 13.1. The van der Waals surface area contributed by atoms with Gasteiger partial charge < -0.3 is 34.6 Å². The second kappa shape index (κ2) is 10.3. The molecule has 8 nitrogen and oxygen atoms in total. The number of likely N-dealkylation sites (tertiary alicyclic amines) is 1. The van der Waals surface area contributed by atoms with Crippen LogP contribution in [0.25, 0.3) is 0 Å². The third-order valence-corrected chi connectivity index (χ3v) is 15.9. The molecule has 7 aliphatic rings. The molecule has 7 rings (SSSR count). The van der Waals surface area contributed by atoms with Gasteiger partial charge in [0.2, 0.25) is 0 Å². The van der Waals surface area contributed by atoms with E-state index < -0.39 is 17.8 Å². The first kappa shape index (κ1) is 32.6. The predicted molar refractivity (Wildman–Crippen MR) is 173 cm³/mol. The van der Waals surface area contributed by atoms with Crippen LogP contribution >= 0.6 is 0 Å². The average molecular weight is 631 g/mol. The number of hydrogen-bond acceptors (Lipinski definition) is 7. The Balaban J connectivity index is 1.13. The summed E-state index contributed by atoms with van der Waals surface area (Å²) in [6.07, 6.45) is 7.16. The van der Waals surface area contributed by atoms with Crippen molar-refractivity contribution in [1.82, 2.24) is 10.2 Å². The van der Waals surface area contributed by atoms with Crippen LogP contribution in [-0.2, 0) is 14.2 Å². The molecule has 2 heterocycles. The molecule has 3 N–H and O–H groups in total. The first-order valence-corrected chi connectivity index (χ1v) is 18.3. The molecule has 7 fully saturated rings. The summed E-state index contributed by atoms with van der Waals surface area (Å²) in [6.45, 7) is 19.6. The molecule has 5 aliphatic carbocycles. The lowest BCUT2D eigenvalue weighted by atomic mass is 9.41. The Bertz CT molecular complexity index is 1180. The maximum absolute atomic E-state index is 13.1. The minimum atomic E-state index is -1.02. The monoisotopic (exact) mass is 630 g/mol. The quantitative estimate of drug-likeness (QED) is 0.362. The minimum Gasteiger partial charge on any atom is -0.446 e. The number of carbonyl (C=O) groups is 1. The van der Waals surface area contributed by atoms with Gasteiger partial charge in [-0.2, -0.15) is 0 Å². The molecule has 5 saturated carbocycles. The van der Waals surface area contributed by atoms with Gasteiger partial charge in [0.25, 0.3) is 0 Å². The third-order valence-electron chi connectivity index (χ3n) is 15.9. The maximum Gasteiger partial charge on any atom is 0.410 e. The molecule has 0 aromatic heterocycles. The van der Waals surface area contributed by atoms with Gasteiger partial charge in [0.15, 0.2) is 0 Å². The summed E-state index contributed by atoms with van der Waals surface area (Å²) >= 11 is 0. The summed E-state index contributed by atoms with van der Waals surface area (Å²) < 4.78 is 19.3. The standard InChI is InChI=1S/C37H62N2O6/c1-10-43-30(33(5,6)42)23-17-21(2)27-28(44-23)29(40)35(8)25-12-11-24-32(3,4)26(45-31(41)39-18-22(19-39)38-9)13-14-36(24)20-37(25,36)16-15-34(27,35)7/h21-30,38,40,42H,10-20H2,1-9H3/t21-,23?,24+,25?,26+,27+,28?,29+,30+,34-,35-,36-,37+/m1/s1. The highest BCUT2D eigenvalue weighted by atomic mass is 16.6. The Kier molecular flexibility index (Phi) is 7.46. The van der Waals surface area contributed by atoms with Gasteiger partial charge in [-0.3, -0.25) is 0 Å². The lowest BCUT2D eigenvalue weighted by molar-refractivity contribution is -0.215. The number of carbonyl (C=O) groups excluding carboxylic acids is 1. The summed E-state index contributed by atoms with van der Waals surface area (Å²) in [7, 11) is 1.95. The topological polar surface area (TPSA) is 100 Å². The predicted octanol–water partition coefficient (Wildman–Crippen LogP) is 5.38. The van der Waals surface area contributed by atoms with E-state index in [2.05, 4.69) is 39.9 Å². The van der Waals surface area contributed by atoms with Crippen molar-refractivity contribution in [3.05, 3.63) is 0 Å². The van der Waals surface area contributed by atoms with E-state index in [1.807, 2.05) is 32.7 Å². The number of nitrogens with zero attached hydrogens (tertiary/aromatic N) is 1. The van der Waals surface area contributed by atoms with Crippen molar-refractivity contribution in [3.8, 4) is 0 Å². The highest BCUT2D eigenvalue weighted by Crippen LogP contribution is 2.89. The van der Waals surface area contributed by atoms with Crippen LogP contribution < -0.4 is 5.32 Å². The SMILES string of the molecule is CCO[C@@H](C1C[C@@H](C)[C@H]2C(O1)[C@H](O)[C@@]1(C)C3CC[C@H]4C(C)(C)[C@@H](OC(=O)N5CC(NC)C5)CC[C@@]45C[C@@]35CC[C@]21C)C(C)(C)O. The zero-order valence-corrected chi connectivity index (χ0v) is 29.5. The van der Waals surface area contributed by atoms with E-state index in [9.17, 15) is 15.0 Å². The lowest BCUT2D eigenvalue weighted by Gasteiger charge is -2.63. The van der Waals surface area contributed by atoms with Crippen LogP contribution in [0.2, 0.25) is 0 Å². The van der Waals surface area contributed by atoms with Crippen LogP contribution in [0.1, 0.15) is 107 Å². The molecule has 2 spiro atoms. The third kappa shape index (κ3) is 4.17. The second-order valence-corrected chi connectivity index (χ2v) is 18.3. The summed E-state index contributed by atoms with van der Waals surface area (Å²) in [5, 5.41) is 26.8. The number of aliphatic hydroxyl groups is 2. The number of rotatable bonds is 6. The molecule has 1 amide bonds. The molecule has 2 saturated heterocycles. The van der Waals surface area contributed by atoms with Crippen LogP contribution in [0.5, 0.6) is 0 Å². The van der Waals surface area contributed by atoms with E-state index in [1.54, 1.807) is 0 Å². The van der Waals surface area contributed by atoms with Crippen molar-refractivity contribution in [2.45, 2.75) is 149 Å². The number of hydrogen-bond donors (Lipinski definition) is 3. The Hall–Kier alpha value is -0.930. The van der Waals surface area contributed by atoms with Gasteiger partial charge in [0.1, 0.15) is 12.2 Å². The Morgan fingerprint density at radius 2 is 1.73 bits per heavy atom. The van der Waals surface area contributed by atoms with Gasteiger partial charge in [-0.15, -0.1) is 0 Å². The summed E-state index contributed by atoms with van der Waals surface area (Å²) in [5.41, 5.74) is -0.798. The fourth-order valence-corrected chi connectivity index (χ4v) is 13.7. The number of likely N-dealkylation sites (N-methyl/N-ethyl adjacent to an activating group) is 1. The highest BCUT2D eigenvalue weighted by Gasteiger charge is 2.84. The van der Waals surface area contributed by atoms with E-state index in [4.69, 9.17) is 14.2 Å². The van der Waals surface area contributed by atoms with Crippen LogP contribution in [0.15, 0.2) is 0 Å². The Morgan fingerprint density at radius 1 is 1.07 bits per heavy atom. The molecule has 0 aromatic rings. The molecular formula is C37H62N2O6. The zero-order chi connectivity index (χ0) is 32.5. The number of amides is 1. The molecule has 256 valence electrons. The highest BCUT2D eigenvalue weighted by molar-refractivity contribution is 5.69. The van der Waals surface area contributed by atoms with Gasteiger partial charge >= 0.3 is 6.09 Å². The number of nitrogens with one attached hydrogen (secondary N) is 1. The van der Waals surface area contributed by atoms with Crippen LogP contribution in [0.3, 0.4) is 0 Å². The molecule has 13 atom stereocenters. The summed E-state index contributed by atoms with van der Waals surface area (Å²) in [4.78, 5) is 14.9. The Labute approximate surface area is 271 Å².